The minimum atomic E-state index is -1.05. The summed E-state index contributed by atoms with van der Waals surface area (Å²) >= 11 is 0. The monoisotopic (exact) mass is 436 g/mol. The Morgan fingerprint density at radius 3 is 2.42 bits per heavy atom. The molecule has 1 saturated heterocycles. The molecule has 2 aromatic carbocycles. The smallest absolute Gasteiger partial charge is 0.167 e. The first-order valence-electron chi connectivity index (χ1n) is 11.2. The van der Waals surface area contributed by atoms with E-state index in [4.69, 9.17) is 14.2 Å². The van der Waals surface area contributed by atoms with E-state index in [2.05, 4.69) is 6.92 Å². The molecule has 0 aliphatic carbocycles. The summed E-state index contributed by atoms with van der Waals surface area (Å²) in [7, 11) is 0. The minimum Gasteiger partial charge on any atom is -0.494 e. The zero-order valence-corrected chi connectivity index (χ0v) is 18.3. The van der Waals surface area contributed by atoms with E-state index in [9.17, 15) is 13.2 Å². The van der Waals surface area contributed by atoms with E-state index in [0.717, 1.165) is 12.8 Å². The normalized spacial score (nSPS) is 18.9. The quantitative estimate of drug-likeness (QED) is 0.376. The molecule has 1 fully saturated rings. The minimum absolute atomic E-state index is 0.00262. The number of hydrogen-bond acceptors (Lipinski definition) is 3. The largest absolute Gasteiger partial charge is 0.494 e. The van der Waals surface area contributed by atoms with Crippen LogP contribution in [-0.4, -0.2) is 26.1 Å². The van der Waals surface area contributed by atoms with Gasteiger partial charge < -0.3 is 14.2 Å². The Morgan fingerprint density at radius 1 is 0.935 bits per heavy atom. The topological polar surface area (TPSA) is 27.7 Å². The van der Waals surface area contributed by atoms with Crippen LogP contribution in [0.3, 0.4) is 0 Å². The van der Waals surface area contributed by atoms with Crippen molar-refractivity contribution in [1.29, 1.82) is 0 Å². The molecule has 0 spiro atoms. The lowest BCUT2D eigenvalue weighted by atomic mass is 9.90. The summed E-state index contributed by atoms with van der Waals surface area (Å²) in [6, 6.07) is 7.10. The third-order valence-corrected chi connectivity index (χ3v) is 5.63. The van der Waals surface area contributed by atoms with Crippen LogP contribution in [0.15, 0.2) is 30.3 Å². The summed E-state index contributed by atoms with van der Waals surface area (Å²) in [5.41, 5.74) is 0.156. The van der Waals surface area contributed by atoms with Crippen LogP contribution in [0.25, 0.3) is 11.1 Å². The fraction of sp³-hybridized carbons (Fsp3) is 0.520. The summed E-state index contributed by atoms with van der Waals surface area (Å²) in [5.74, 6) is -2.55. The predicted molar refractivity (Wildman–Crippen MR) is 115 cm³/mol. The van der Waals surface area contributed by atoms with Crippen molar-refractivity contribution in [2.24, 2.45) is 0 Å². The molecular formula is C25H31F3O3. The lowest BCUT2D eigenvalue weighted by Gasteiger charge is -2.29. The van der Waals surface area contributed by atoms with Crippen molar-refractivity contribution in [3.8, 4) is 16.9 Å². The average molecular weight is 437 g/mol. The first-order valence-corrected chi connectivity index (χ1v) is 11.2. The fourth-order valence-electron chi connectivity index (χ4n) is 3.91. The lowest BCUT2D eigenvalue weighted by Crippen LogP contribution is -2.28. The van der Waals surface area contributed by atoms with Gasteiger partial charge in [0.05, 0.1) is 13.2 Å². The Bertz CT molecular complexity index is 848. The second-order valence-electron chi connectivity index (χ2n) is 7.87. The SMILES string of the molecule is CCCCCCOC1CCC(c2ccc(-c3ccc(OCC)cc3F)c(F)c2F)CO1. The summed E-state index contributed by atoms with van der Waals surface area (Å²) in [5, 5.41) is 0. The summed E-state index contributed by atoms with van der Waals surface area (Å²) < 4.78 is 60.9. The summed E-state index contributed by atoms with van der Waals surface area (Å²) in [6.07, 6.45) is 5.49. The van der Waals surface area contributed by atoms with Crippen molar-refractivity contribution in [2.45, 2.75) is 64.6 Å². The Labute approximate surface area is 182 Å². The van der Waals surface area contributed by atoms with Crippen LogP contribution in [0.1, 0.15) is 63.9 Å². The molecule has 2 atom stereocenters. The molecule has 31 heavy (non-hydrogen) atoms. The third kappa shape index (κ3) is 6.01. The Hall–Kier alpha value is -2.05. The lowest BCUT2D eigenvalue weighted by molar-refractivity contribution is -0.168. The van der Waals surface area contributed by atoms with Crippen molar-refractivity contribution < 1.29 is 27.4 Å². The van der Waals surface area contributed by atoms with Crippen molar-refractivity contribution in [1.82, 2.24) is 0 Å². The number of ether oxygens (including phenoxy) is 3. The second-order valence-corrected chi connectivity index (χ2v) is 7.87. The van der Waals surface area contributed by atoms with Crippen LogP contribution in [0, 0.1) is 17.5 Å². The van der Waals surface area contributed by atoms with Gasteiger partial charge in [-0.3, -0.25) is 0 Å². The van der Waals surface area contributed by atoms with Crippen LogP contribution in [-0.2, 0) is 9.47 Å². The van der Waals surface area contributed by atoms with E-state index in [1.165, 1.54) is 37.1 Å². The number of unbranched alkanes of at least 4 members (excludes halogenated alkanes) is 3. The van der Waals surface area contributed by atoms with Gasteiger partial charge in [0.1, 0.15) is 11.6 Å². The van der Waals surface area contributed by atoms with Crippen LogP contribution in [0.5, 0.6) is 5.75 Å². The van der Waals surface area contributed by atoms with Gasteiger partial charge in [0, 0.05) is 29.7 Å². The molecule has 3 rings (SSSR count). The van der Waals surface area contributed by atoms with E-state index < -0.39 is 17.5 Å². The van der Waals surface area contributed by atoms with E-state index in [0.29, 0.717) is 31.8 Å². The molecule has 0 radical (unpaired) electrons. The number of hydrogen-bond donors (Lipinski definition) is 0. The van der Waals surface area contributed by atoms with Crippen LogP contribution < -0.4 is 4.74 Å². The van der Waals surface area contributed by atoms with Crippen LogP contribution in [0.2, 0.25) is 0 Å². The summed E-state index contributed by atoms with van der Waals surface area (Å²) in [6.45, 7) is 5.27. The van der Waals surface area contributed by atoms with Gasteiger partial charge in [0.15, 0.2) is 17.9 Å². The molecule has 2 unspecified atom stereocenters. The van der Waals surface area contributed by atoms with Crippen LogP contribution in [0.4, 0.5) is 13.2 Å². The highest BCUT2D eigenvalue weighted by atomic mass is 19.2. The maximum absolute atomic E-state index is 14.9. The zero-order valence-electron chi connectivity index (χ0n) is 18.3. The number of rotatable bonds is 10. The fourth-order valence-corrected chi connectivity index (χ4v) is 3.91. The highest BCUT2D eigenvalue weighted by Gasteiger charge is 2.28. The van der Waals surface area contributed by atoms with E-state index in [1.807, 2.05) is 0 Å². The van der Waals surface area contributed by atoms with Gasteiger partial charge in [-0.25, -0.2) is 13.2 Å². The van der Waals surface area contributed by atoms with Gasteiger partial charge >= 0.3 is 0 Å². The molecular weight excluding hydrogens is 405 g/mol. The average Bonchev–Trinajstić information content (AvgIpc) is 2.77. The van der Waals surface area contributed by atoms with Gasteiger partial charge in [0.2, 0.25) is 0 Å². The Morgan fingerprint density at radius 2 is 1.74 bits per heavy atom. The van der Waals surface area contributed by atoms with Crippen molar-refractivity contribution in [3.63, 3.8) is 0 Å². The molecule has 1 heterocycles. The van der Waals surface area contributed by atoms with Gasteiger partial charge in [0.25, 0.3) is 0 Å². The number of halogens is 3. The van der Waals surface area contributed by atoms with Gasteiger partial charge in [-0.2, -0.15) is 0 Å². The zero-order chi connectivity index (χ0) is 22.2. The molecule has 0 amide bonds. The summed E-state index contributed by atoms with van der Waals surface area (Å²) in [4.78, 5) is 0. The van der Waals surface area contributed by atoms with E-state index >= 15 is 0 Å². The molecule has 0 N–H and O–H groups in total. The Kier molecular flexibility index (Phi) is 8.79. The van der Waals surface area contributed by atoms with E-state index in [1.54, 1.807) is 13.0 Å². The van der Waals surface area contributed by atoms with Gasteiger partial charge in [-0.1, -0.05) is 38.3 Å². The molecule has 0 saturated carbocycles. The molecule has 3 nitrogen and oxygen atoms in total. The van der Waals surface area contributed by atoms with Crippen molar-refractivity contribution in [3.05, 3.63) is 53.3 Å². The van der Waals surface area contributed by atoms with Crippen LogP contribution >= 0.6 is 0 Å². The Balaban J connectivity index is 1.64. The standard InChI is InChI=1S/C25H31F3O3/c1-3-5-6-7-14-30-23-13-8-17(16-31-23)19-11-12-21(25(28)24(19)27)20-10-9-18(29-4-2)15-22(20)26/h9-12,15,17,23H,3-8,13-14,16H2,1-2H3. The second kappa shape index (κ2) is 11.5. The molecule has 170 valence electrons. The maximum atomic E-state index is 14.9. The molecule has 1 aliphatic rings. The van der Waals surface area contributed by atoms with E-state index in [-0.39, 0.29) is 35.5 Å². The van der Waals surface area contributed by atoms with Crippen molar-refractivity contribution >= 4 is 0 Å². The highest BCUT2D eigenvalue weighted by Crippen LogP contribution is 2.35. The molecule has 2 aromatic rings. The molecule has 0 bridgehead atoms. The molecule has 6 heteroatoms. The maximum Gasteiger partial charge on any atom is 0.167 e. The number of benzene rings is 2. The van der Waals surface area contributed by atoms with Crippen molar-refractivity contribution in [2.75, 3.05) is 19.8 Å². The first-order chi connectivity index (χ1) is 15.0. The van der Waals surface area contributed by atoms with Gasteiger partial charge in [-0.15, -0.1) is 0 Å². The molecule has 1 aliphatic heterocycles. The van der Waals surface area contributed by atoms with Gasteiger partial charge in [-0.05, 0) is 43.9 Å². The third-order valence-electron chi connectivity index (χ3n) is 5.63. The predicted octanol–water partition coefficient (Wildman–Crippen LogP) is 6.99. The highest BCUT2D eigenvalue weighted by molar-refractivity contribution is 5.66. The molecule has 0 aromatic heterocycles. The first kappa shape index (κ1) is 23.6.